The second-order valence-electron chi connectivity index (χ2n) is 4.91. The molecule has 5 nitrogen and oxygen atoms in total. The minimum atomic E-state index is -0.999. The number of carboxylic acids is 1. The highest BCUT2D eigenvalue weighted by atomic mass is 32.2. The third kappa shape index (κ3) is 6.86. The molecule has 1 heterocycles. The Labute approximate surface area is 133 Å². The molecule has 0 fully saturated rings. The lowest BCUT2D eigenvalue weighted by molar-refractivity contribution is -0.139. The highest BCUT2D eigenvalue weighted by molar-refractivity contribution is 7.98. The zero-order valence-electron chi connectivity index (χ0n) is 12.5. The third-order valence-corrected chi connectivity index (χ3v) is 4.56. The van der Waals surface area contributed by atoms with E-state index < -0.39 is 18.0 Å². The second kappa shape index (κ2) is 8.94. The van der Waals surface area contributed by atoms with Crippen LogP contribution in [0.3, 0.4) is 0 Å². The van der Waals surface area contributed by atoms with Gasteiger partial charge in [-0.25, -0.2) is 9.59 Å². The van der Waals surface area contributed by atoms with Crippen molar-refractivity contribution in [3.8, 4) is 0 Å². The van der Waals surface area contributed by atoms with Gasteiger partial charge in [-0.3, -0.25) is 0 Å². The topological polar surface area (TPSA) is 78.4 Å². The SMILES string of the molecule is CSCC[C@H](NC(=O)NC(C)Cc1ccc(C)s1)C(=O)O. The average molecular weight is 330 g/mol. The van der Waals surface area contributed by atoms with Crippen LogP contribution in [0.15, 0.2) is 12.1 Å². The Balaban J connectivity index is 2.41. The van der Waals surface area contributed by atoms with E-state index in [1.165, 1.54) is 9.75 Å². The Morgan fingerprint density at radius 2 is 2.10 bits per heavy atom. The molecule has 21 heavy (non-hydrogen) atoms. The fraction of sp³-hybridized carbons (Fsp3) is 0.571. The predicted octanol–water partition coefficient (Wildman–Crippen LogP) is 2.49. The first kappa shape index (κ1) is 17.8. The molecule has 0 saturated heterocycles. The van der Waals surface area contributed by atoms with E-state index in [4.69, 9.17) is 5.11 Å². The number of carbonyl (C=O) groups is 2. The molecule has 7 heteroatoms. The van der Waals surface area contributed by atoms with Crippen LogP contribution in [0.2, 0.25) is 0 Å². The van der Waals surface area contributed by atoms with E-state index >= 15 is 0 Å². The lowest BCUT2D eigenvalue weighted by atomic mass is 10.2. The van der Waals surface area contributed by atoms with E-state index in [2.05, 4.69) is 22.8 Å². The molecular weight excluding hydrogens is 308 g/mol. The van der Waals surface area contributed by atoms with Gasteiger partial charge in [-0.05, 0) is 44.4 Å². The summed E-state index contributed by atoms with van der Waals surface area (Å²) in [5.74, 6) is -0.304. The van der Waals surface area contributed by atoms with Gasteiger partial charge in [-0.15, -0.1) is 11.3 Å². The summed E-state index contributed by atoms with van der Waals surface area (Å²) in [6, 6.07) is 2.79. The van der Waals surface area contributed by atoms with Crippen molar-refractivity contribution in [3.63, 3.8) is 0 Å². The van der Waals surface area contributed by atoms with E-state index in [-0.39, 0.29) is 6.04 Å². The standard InChI is InChI=1S/C14H22N2O3S2/c1-9(8-11-5-4-10(2)21-11)15-14(19)16-12(13(17)18)6-7-20-3/h4-5,9,12H,6-8H2,1-3H3,(H,17,18)(H2,15,16,19)/t9?,12-/m0/s1. The number of aliphatic carboxylic acids is 1. The van der Waals surface area contributed by atoms with Gasteiger partial charge in [0.15, 0.2) is 0 Å². The van der Waals surface area contributed by atoms with Crippen molar-refractivity contribution in [2.75, 3.05) is 12.0 Å². The summed E-state index contributed by atoms with van der Waals surface area (Å²) >= 11 is 3.26. The molecule has 0 aromatic carbocycles. The smallest absolute Gasteiger partial charge is 0.326 e. The van der Waals surface area contributed by atoms with E-state index in [9.17, 15) is 9.59 Å². The van der Waals surface area contributed by atoms with Crippen LogP contribution in [0.1, 0.15) is 23.1 Å². The summed E-state index contributed by atoms with van der Waals surface area (Å²) < 4.78 is 0. The monoisotopic (exact) mass is 330 g/mol. The third-order valence-electron chi connectivity index (χ3n) is 2.89. The van der Waals surface area contributed by atoms with E-state index in [1.807, 2.05) is 20.1 Å². The lowest BCUT2D eigenvalue weighted by Crippen LogP contribution is -2.49. The van der Waals surface area contributed by atoms with Crippen molar-refractivity contribution in [1.82, 2.24) is 10.6 Å². The molecule has 1 unspecified atom stereocenters. The molecule has 1 rings (SSSR count). The number of hydrogen-bond donors (Lipinski definition) is 3. The maximum atomic E-state index is 11.8. The molecule has 0 spiro atoms. The fourth-order valence-electron chi connectivity index (χ4n) is 1.86. The van der Waals surface area contributed by atoms with Crippen molar-refractivity contribution < 1.29 is 14.7 Å². The van der Waals surface area contributed by atoms with Crippen molar-refractivity contribution >= 4 is 35.1 Å². The minimum Gasteiger partial charge on any atom is -0.480 e. The van der Waals surface area contributed by atoms with Crippen molar-refractivity contribution in [3.05, 3.63) is 21.9 Å². The number of carboxylic acid groups (broad SMARTS) is 1. The number of rotatable bonds is 8. The van der Waals surface area contributed by atoms with Crippen molar-refractivity contribution in [1.29, 1.82) is 0 Å². The summed E-state index contributed by atoms with van der Waals surface area (Å²) in [7, 11) is 0. The molecular formula is C14H22N2O3S2. The van der Waals surface area contributed by atoms with E-state index in [0.29, 0.717) is 12.2 Å². The zero-order chi connectivity index (χ0) is 15.8. The number of nitrogens with one attached hydrogen (secondary N) is 2. The maximum absolute atomic E-state index is 11.8. The Bertz CT molecular complexity index is 477. The summed E-state index contributed by atoms with van der Waals surface area (Å²) in [6.45, 7) is 3.95. The molecule has 1 aromatic heterocycles. The van der Waals surface area contributed by atoms with Crippen LogP contribution in [0, 0.1) is 6.92 Å². The van der Waals surface area contributed by atoms with E-state index in [0.717, 1.165) is 6.42 Å². The number of aryl methyl sites for hydroxylation is 1. The Kier molecular flexibility index (Phi) is 7.60. The molecule has 2 atom stereocenters. The van der Waals surface area contributed by atoms with Gasteiger partial charge in [0.05, 0.1) is 0 Å². The molecule has 0 aliphatic heterocycles. The summed E-state index contributed by atoms with van der Waals surface area (Å²) in [6.07, 6.45) is 3.07. The Morgan fingerprint density at radius 1 is 1.38 bits per heavy atom. The van der Waals surface area contributed by atoms with Crippen LogP contribution in [-0.4, -0.2) is 41.2 Å². The number of thioether (sulfide) groups is 1. The summed E-state index contributed by atoms with van der Waals surface area (Å²) in [5.41, 5.74) is 0. The lowest BCUT2D eigenvalue weighted by Gasteiger charge is -2.17. The first-order valence-electron chi connectivity index (χ1n) is 6.76. The van der Waals surface area contributed by atoms with Gasteiger partial charge in [-0.2, -0.15) is 11.8 Å². The molecule has 0 radical (unpaired) electrons. The summed E-state index contributed by atoms with van der Waals surface area (Å²) in [5, 5.41) is 14.4. The molecule has 118 valence electrons. The van der Waals surface area contributed by atoms with Gasteiger partial charge in [0.1, 0.15) is 6.04 Å². The molecule has 0 saturated carbocycles. The average Bonchev–Trinajstić information content (AvgIpc) is 2.79. The Hall–Kier alpha value is -1.21. The molecule has 0 bridgehead atoms. The van der Waals surface area contributed by atoms with Gasteiger partial charge in [0.2, 0.25) is 0 Å². The predicted molar refractivity (Wildman–Crippen MR) is 88.3 cm³/mol. The van der Waals surface area contributed by atoms with Crippen molar-refractivity contribution in [2.45, 2.75) is 38.8 Å². The maximum Gasteiger partial charge on any atom is 0.326 e. The molecule has 2 amide bonds. The van der Waals surface area contributed by atoms with Crippen molar-refractivity contribution in [2.24, 2.45) is 0 Å². The van der Waals surface area contributed by atoms with Crippen LogP contribution in [0.25, 0.3) is 0 Å². The number of carbonyl (C=O) groups excluding carboxylic acids is 1. The van der Waals surface area contributed by atoms with Crippen LogP contribution >= 0.6 is 23.1 Å². The van der Waals surface area contributed by atoms with Gasteiger partial charge >= 0.3 is 12.0 Å². The van der Waals surface area contributed by atoms with Crippen LogP contribution in [-0.2, 0) is 11.2 Å². The van der Waals surface area contributed by atoms with Gasteiger partial charge in [0.25, 0.3) is 0 Å². The fourth-order valence-corrected chi connectivity index (χ4v) is 3.35. The molecule has 0 aliphatic rings. The molecule has 0 aliphatic carbocycles. The largest absolute Gasteiger partial charge is 0.480 e. The molecule has 1 aromatic rings. The van der Waals surface area contributed by atoms with Gasteiger partial charge in [0, 0.05) is 22.2 Å². The van der Waals surface area contributed by atoms with Gasteiger partial charge < -0.3 is 15.7 Å². The Morgan fingerprint density at radius 3 is 2.62 bits per heavy atom. The highest BCUT2D eigenvalue weighted by Crippen LogP contribution is 2.16. The van der Waals surface area contributed by atoms with E-state index in [1.54, 1.807) is 23.1 Å². The van der Waals surface area contributed by atoms with Gasteiger partial charge in [-0.1, -0.05) is 0 Å². The van der Waals surface area contributed by atoms with Crippen LogP contribution < -0.4 is 10.6 Å². The first-order valence-corrected chi connectivity index (χ1v) is 8.97. The quantitative estimate of drug-likeness (QED) is 0.684. The minimum absolute atomic E-state index is 0.0435. The number of thiophene rings is 1. The summed E-state index contributed by atoms with van der Waals surface area (Å²) in [4.78, 5) is 25.4. The zero-order valence-corrected chi connectivity index (χ0v) is 14.1. The molecule has 3 N–H and O–H groups in total. The van der Waals surface area contributed by atoms with Crippen LogP contribution in [0.5, 0.6) is 0 Å². The number of hydrogen-bond acceptors (Lipinski definition) is 4. The first-order chi connectivity index (χ1) is 9.92. The number of urea groups is 1. The second-order valence-corrected chi connectivity index (χ2v) is 7.27. The number of amides is 2. The highest BCUT2D eigenvalue weighted by Gasteiger charge is 2.20. The normalized spacial score (nSPS) is 13.5. The van der Waals surface area contributed by atoms with Crippen LogP contribution in [0.4, 0.5) is 4.79 Å².